The molecule has 17 heavy (non-hydrogen) atoms. The van der Waals surface area contributed by atoms with Crippen molar-refractivity contribution in [2.45, 2.75) is 18.8 Å². The third kappa shape index (κ3) is 1.74. The van der Waals surface area contributed by atoms with Gasteiger partial charge in [-0.05, 0) is 47.7 Å². The van der Waals surface area contributed by atoms with Gasteiger partial charge in [-0.15, -0.1) is 0 Å². The second kappa shape index (κ2) is 3.95. The topological polar surface area (TPSA) is 18.5 Å². The van der Waals surface area contributed by atoms with Gasteiger partial charge in [0.15, 0.2) is 0 Å². The fraction of sp³-hybridized carbons (Fsp3) is 0.333. The van der Waals surface area contributed by atoms with E-state index in [-0.39, 0.29) is 0 Å². The Morgan fingerprint density at radius 1 is 1.00 bits per heavy atom. The number of fused-ring (bicyclic) bond motifs is 1. The second-order valence-corrected chi connectivity index (χ2v) is 4.54. The van der Waals surface area contributed by atoms with Crippen LogP contribution in [0.3, 0.4) is 0 Å². The van der Waals surface area contributed by atoms with Crippen molar-refractivity contribution in [1.29, 1.82) is 0 Å². The number of benzene rings is 2. The number of methoxy groups -OCH3 is 2. The van der Waals surface area contributed by atoms with E-state index in [1.54, 1.807) is 14.2 Å². The molecular formula is C15H16O2. The first kappa shape index (κ1) is 10.5. The van der Waals surface area contributed by atoms with Crippen molar-refractivity contribution in [2.75, 3.05) is 14.2 Å². The molecule has 2 aromatic rings. The summed E-state index contributed by atoms with van der Waals surface area (Å²) in [6, 6.07) is 10.4. The zero-order chi connectivity index (χ0) is 11.8. The first-order valence-corrected chi connectivity index (χ1v) is 5.98. The van der Waals surface area contributed by atoms with Gasteiger partial charge in [0, 0.05) is 5.56 Å². The first-order chi connectivity index (χ1) is 8.33. The molecule has 1 aliphatic carbocycles. The van der Waals surface area contributed by atoms with E-state index in [4.69, 9.17) is 9.47 Å². The van der Waals surface area contributed by atoms with E-state index in [2.05, 4.69) is 24.3 Å². The van der Waals surface area contributed by atoms with Crippen molar-refractivity contribution in [3.05, 3.63) is 35.9 Å². The molecule has 0 heterocycles. The fourth-order valence-electron chi connectivity index (χ4n) is 2.40. The van der Waals surface area contributed by atoms with Crippen LogP contribution in [0.5, 0.6) is 11.5 Å². The first-order valence-electron chi connectivity index (χ1n) is 5.98. The summed E-state index contributed by atoms with van der Waals surface area (Å²) < 4.78 is 10.8. The lowest BCUT2D eigenvalue weighted by atomic mass is 9.99. The molecule has 1 saturated carbocycles. The highest BCUT2D eigenvalue weighted by molar-refractivity contribution is 5.90. The summed E-state index contributed by atoms with van der Waals surface area (Å²) in [4.78, 5) is 0. The van der Waals surface area contributed by atoms with Crippen LogP contribution >= 0.6 is 0 Å². The van der Waals surface area contributed by atoms with Gasteiger partial charge >= 0.3 is 0 Å². The molecular weight excluding hydrogens is 212 g/mol. The molecule has 0 unspecified atom stereocenters. The summed E-state index contributed by atoms with van der Waals surface area (Å²) >= 11 is 0. The minimum Gasteiger partial charge on any atom is -0.497 e. The zero-order valence-electron chi connectivity index (χ0n) is 10.2. The highest BCUT2D eigenvalue weighted by Gasteiger charge is 2.28. The Morgan fingerprint density at radius 2 is 1.76 bits per heavy atom. The summed E-state index contributed by atoms with van der Waals surface area (Å²) in [6.07, 6.45) is 2.54. The lowest BCUT2D eigenvalue weighted by Crippen LogP contribution is -1.92. The predicted octanol–water partition coefficient (Wildman–Crippen LogP) is 3.73. The van der Waals surface area contributed by atoms with Crippen molar-refractivity contribution < 1.29 is 9.47 Å². The Labute approximate surface area is 101 Å². The van der Waals surface area contributed by atoms with E-state index < -0.39 is 0 Å². The number of hydrogen-bond acceptors (Lipinski definition) is 2. The van der Waals surface area contributed by atoms with Crippen LogP contribution in [0.15, 0.2) is 30.3 Å². The van der Waals surface area contributed by atoms with Gasteiger partial charge in [0.25, 0.3) is 0 Å². The molecule has 0 N–H and O–H groups in total. The smallest absolute Gasteiger partial charge is 0.122 e. The van der Waals surface area contributed by atoms with Crippen molar-refractivity contribution in [3.63, 3.8) is 0 Å². The number of rotatable bonds is 3. The molecule has 0 saturated heterocycles. The second-order valence-electron chi connectivity index (χ2n) is 4.54. The van der Waals surface area contributed by atoms with Gasteiger partial charge in [0.1, 0.15) is 11.5 Å². The molecule has 0 aliphatic heterocycles. The zero-order valence-corrected chi connectivity index (χ0v) is 10.2. The van der Waals surface area contributed by atoms with Crippen LogP contribution in [-0.2, 0) is 0 Å². The fourth-order valence-corrected chi connectivity index (χ4v) is 2.40. The maximum atomic E-state index is 5.49. The van der Waals surface area contributed by atoms with Crippen LogP contribution in [0.25, 0.3) is 10.8 Å². The highest BCUT2D eigenvalue weighted by Crippen LogP contribution is 2.47. The van der Waals surface area contributed by atoms with Crippen molar-refractivity contribution in [2.24, 2.45) is 0 Å². The average molecular weight is 228 g/mol. The SMILES string of the molecule is COc1ccc2ccc(OC)c(C3CC3)c2c1. The molecule has 0 bridgehead atoms. The molecule has 88 valence electrons. The lowest BCUT2D eigenvalue weighted by Gasteiger charge is -2.12. The van der Waals surface area contributed by atoms with Gasteiger partial charge in [0.2, 0.25) is 0 Å². The van der Waals surface area contributed by atoms with Crippen LogP contribution in [0, 0.1) is 0 Å². The largest absolute Gasteiger partial charge is 0.497 e. The highest BCUT2D eigenvalue weighted by atomic mass is 16.5. The summed E-state index contributed by atoms with van der Waals surface area (Å²) in [5.41, 5.74) is 1.35. The van der Waals surface area contributed by atoms with Crippen LogP contribution in [0.4, 0.5) is 0 Å². The molecule has 0 amide bonds. The van der Waals surface area contributed by atoms with Crippen molar-refractivity contribution >= 4 is 10.8 Å². The van der Waals surface area contributed by atoms with Gasteiger partial charge in [-0.25, -0.2) is 0 Å². The van der Waals surface area contributed by atoms with Crippen molar-refractivity contribution in [1.82, 2.24) is 0 Å². The molecule has 0 spiro atoms. The number of hydrogen-bond donors (Lipinski definition) is 0. The third-order valence-corrected chi connectivity index (χ3v) is 3.44. The van der Waals surface area contributed by atoms with E-state index in [1.807, 2.05) is 6.07 Å². The van der Waals surface area contributed by atoms with E-state index in [9.17, 15) is 0 Å². The maximum Gasteiger partial charge on any atom is 0.122 e. The summed E-state index contributed by atoms with van der Waals surface area (Å²) in [6.45, 7) is 0. The molecule has 0 atom stereocenters. The van der Waals surface area contributed by atoms with E-state index in [0.29, 0.717) is 5.92 Å². The Bertz CT molecular complexity index is 551. The van der Waals surface area contributed by atoms with Crippen LogP contribution in [0.1, 0.15) is 24.3 Å². The van der Waals surface area contributed by atoms with E-state index >= 15 is 0 Å². The molecule has 0 radical (unpaired) electrons. The molecule has 2 aromatic carbocycles. The Kier molecular flexibility index (Phi) is 2.43. The third-order valence-electron chi connectivity index (χ3n) is 3.44. The van der Waals surface area contributed by atoms with Crippen LogP contribution < -0.4 is 9.47 Å². The Morgan fingerprint density at radius 3 is 2.41 bits per heavy atom. The van der Waals surface area contributed by atoms with Gasteiger partial charge in [-0.1, -0.05) is 12.1 Å². The lowest BCUT2D eigenvalue weighted by molar-refractivity contribution is 0.410. The van der Waals surface area contributed by atoms with E-state index in [1.165, 1.54) is 29.2 Å². The van der Waals surface area contributed by atoms with Gasteiger partial charge in [0.05, 0.1) is 14.2 Å². The number of ether oxygens (including phenoxy) is 2. The minimum absolute atomic E-state index is 0.667. The van der Waals surface area contributed by atoms with Gasteiger partial charge in [-0.3, -0.25) is 0 Å². The quantitative estimate of drug-likeness (QED) is 0.796. The standard InChI is InChI=1S/C15H16O2/c1-16-12-7-5-10-6-8-14(17-2)15(11-3-4-11)13(10)9-12/h5-9,11H,3-4H2,1-2H3. The van der Waals surface area contributed by atoms with Crippen LogP contribution in [-0.4, -0.2) is 14.2 Å². The predicted molar refractivity (Wildman–Crippen MR) is 69.0 cm³/mol. The monoisotopic (exact) mass is 228 g/mol. The Hall–Kier alpha value is -1.70. The molecule has 0 aromatic heterocycles. The maximum absolute atomic E-state index is 5.49. The summed E-state index contributed by atoms with van der Waals surface area (Å²) in [5.74, 6) is 2.58. The van der Waals surface area contributed by atoms with E-state index in [0.717, 1.165) is 11.5 Å². The molecule has 2 heteroatoms. The summed E-state index contributed by atoms with van der Waals surface area (Å²) in [7, 11) is 3.45. The molecule has 1 aliphatic rings. The molecule has 3 rings (SSSR count). The molecule has 1 fully saturated rings. The molecule has 2 nitrogen and oxygen atoms in total. The van der Waals surface area contributed by atoms with Crippen LogP contribution in [0.2, 0.25) is 0 Å². The van der Waals surface area contributed by atoms with Crippen molar-refractivity contribution in [3.8, 4) is 11.5 Å². The Balaban J connectivity index is 2.28. The van der Waals surface area contributed by atoms with Gasteiger partial charge < -0.3 is 9.47 Å². The van der Waals surface area contributed by atoms with Gasteiger partial charge in [-0.2, -0.15) is 0 Å². The minimum atomic E-state index is 0.667. The normalized spacial score (nSPS) is 14.9. The average Bonchev–Trinajstić information content (AvgIpc) is 3.20. The summed E-state index contributed by atoms with van der Waals surface area (Å²) in [5, 5.41) is 2.53.